The SMILES string of the molecule is CCNC(c1ccccc1I)c1c(Br)cnn1CCOC. The van der Waals surface area contributed by atoms with Crippen LogP contribution in [0.4, 0.5) is 0 Å². The van der Waals surface area contributed by atoms with Crippen molar-refractivity contribution in [3.05, 3.63) is 49.8 Å². The van der Waals surface area contributed by atoms with Crippen LogP contribution in [0.15, 0.2) is 34.9 Å². The number of halogens is 2. The average Bonchev–Trinajstić information content (AvgIpc) is 2.84. The molecular formula is C15H19BrIN3O. The molecule has 1 aromatic carbocycles. The van der Waals surface area contributed by atoms with Crippen LogP contribution < -0.4 is 5.32 Å². The fraction of sp³-hybridized carbons (Fsp3) is 0.400. The molecule has 0 aliphatic carbocycles. The Hall–Kier alpha value is -0.440. The van der Waals surface area contributed by atoms with Crippen molar-refractivity contribution in [2.45, 2.75) is 19.5 Å². The van der Waals surface area contributed by atoms with Gasteiger partial charge in [0.15, 0.2) is 0 Å². The molecule has 0 spiro atoms. The minimum absolute atomic E-state index is 0.108. The fourth-order valence-corrected chi connectivity index (χ4v) is 3.51. The lowest BCUT2D eigenvalue weighted by Crippen LogP contribution is -2.26. The smallest absolute Gasteiger partial charge is 0.0770 e. The van der Waals surface area contributed by atoms with Crippen LogP contribution in [0.5, 0.6) is 0 Å². The molecule has 1 N–H and O–H groups in total. The molecule has 21 heavy (non-hydrogen) atoms. The molecule has 0 aliphatic rings. The van der Waals surface area contributed by atoms with Gasteiger partial charge in [-0.1, -0.05) is 25.1 Å². The summed E-state index contributed by atoms with van der Waals surface area (Å²) in [5.41, 5.74) is 2.40. The van der Waals surface area contributed by atoms with Crippen molar-refractivity contribution in [2.24, 2.45) is 0 Å². The van der Waals surface area contributed by atoms with Crippen molar-refractivity contribution < 1.29 is 4.74 Å². The van der Waals surface area contributed by atoms with Crippen LogP contribution in [-0.2, 0) is 11.3 Å². The number of aromatic nitrogens is 2. The predicted octanol–water partition coefficient (Wildman–Crippen LogP) is 3.60. The minimum Gasteiger partial charge on any atom is -0.383 e. The Morgan fingerprint density at radius 3 is 2.86 bits per heavy atom. The lowest BCUT2D eigenvalue weighted by atomic mass is 10.0. The Bertz CT molecular complexity index is 588. The maximum Gasteiger partial charge on any atom is 0.0770 e. The van der Waals surface area contributed by atoms with Crippen molar-refractivity contribution in [1.82, 2.24) is 15.1 Å². The van der Waals surface area contributed by atoms with E-state index in [4.69, 9.17) is 4.74 Å². The Morgan fingerprint density at radius 1 is 1.43 bits per heavy atom. The molecule has 0 aliphatic heterocycles. The van der Waals surface area contributed by atoms with Crippen LogP contribution in [0, 0.1) is 3.57 Å². The number of nitrogens with one attached hydrogen (secondary N) is 1. The molecule has 0 fully saturated rings. The molecule has 114 valence electrons. The highest BCUT2D eigenvalue weighted by Gasteiger charge is 2.22. The highest BCUT2D eigenvalue weighted by atomic mass is 127. The molecule has 2 rings (SSSR count). The minimum atomic E-state index is 0.108. The highest BCUT2D eigenvalue weighted by Crippen LogP contribution is 2.31. The van der Waals surface area contributed by atoms with Gasteiger partial charge in [-0.3, -0.25) is 4.68 Å². The topological polar surface area (TPSA) is 39.1 Å². The molecule has 1 unspecified atom stereocenters. The number of hydrogen-bond donors (Lipinski definition) is 1. The van der Waals surface area contributed by atoms with Crippen LogP contribution in [0.3, 0.4) is 0 Å². The zero-order valence-electron chi connectivity index (χ0n) is 12.1. The average molecular weight is 464 g/mol. The first-order valence-corrected chi connectivity index (χ1v) is 8.74. The molecule has 2 aromatic rings. The van der Waals surface area contributed by atoms with E-state index in [0.717, 1.165) is 23.3 Å². The normalized spacial score (nSPS) is 12.6. The van der Waals surface area contributed by atoms with Gasteiger partial charge in [-0.2, -0.15) is 5.10 Å². The number of hydrogen-bond acceptors (Lipinski definition) is 3. The fourth-order valence-electron chi connectivity index (χ4n) is 2.28. The van der Waals surface area contributed by atoms with E-state index in [0.29, 0.717) is 6.61 Å². The third-order valence-electron chi connectivity index (χ3n) is 3.24. The largest absolute Gasteiger partial charge is 0.383 e. The van der Waals surface area contributed by atoms with E-state index < -0.39 is 0 Å². The Labute approximate surface area is 147 Å². The zero-order chi connectivity index (χ0) is 15.2. The van der Waals surface area contributed by atoms with E-state index >= 15 is 0 Å². The van der Waals surface area contributed by atoms with Gasteiger partial charge in [0.2, 0.25) is 0 Å². The third kappa shape index (κ3) is 4.06. The highest BCUT2D eigenvalue weighted by molar-refractivity contribution is 14.1. The van der Waals surface area contributed by atoms with Crippen LogP contribution in [0.25, 0.3) is 0 Å². The van der Waals surface area contributed by atoms with E-state index in [1.54, 1.807) is 7.11 Å². The maximum atomic E-state index is 5.18. The summed E-state index contributed by atoms with van der Waals surface area (Å²) in [6, 6.07) is 8.54. The summed E-state index contributed by atoms with van der Waals surface area (Å²) >= 11 is 6.02. The maximum absolute atomic E-state index is 5.18. The third-order valence-corrected chi connectivity index (χ3v) is 4.83. The standard InChI is InChI=1S/C15H19BrIN3O/c1-3-18-14(11-6-4-5-7-13(11)17)15-12(16)10-19-20(15)8-9-21-2/h4-7,10,14,18H,3,8-9H2,1-2H3. The zero-order valence-corrected chi connectivity index (χ0v) is 15.9. The molecule has 1 atom stereocenters. The predicted molar refractivity (Wildman–Crippen MR) is 96.5 cm³/mol. The number of ether oxygens (including phenoxy) is 1. The van der Waals surface area contributed by atoms with Crippen molar-refractivity contribution in [3.63, 3.8) is 0 Å². The van der Waals surface area contributed by atoms with E-state index in [1.807, 2.05) is 10.9 Å². The first-order valence-electron chi connectivity index (χ1n) is 6.87. The molecule has 0 saturated carbocycles. The van der Waals surface area contributed by atoms with E-state index in [1.165, 1.54) is 9.13 Å². The Balaban J connectivity index is 2.43. The molecular weight excluding hydrogens is 445 g/mol. The quantitative estimate of drug-likeness (QED) is 0.637. The van der Waals surface area contributed by atoms with E-state index in [2.05, 4.69) is 80.1 Å². The van der Waals surface area contributed by atoms with Crippen LogP contribution >= 0.6 is 38.5 Å². The van der Waals surface area contributed by atoms with E-state index in [9.17, 15) is 0 Å². The van der Waals surface area contributed by atoms with Gasteiger partial charge in [0, 0.05) is 10.7 Å². The second-order valence-electron chi connectivity index (χ2n) is 4.61. The molecule has 0 amide bonds. The molecule has 0 saturated heterocycles. The number of rotatable bonds is 7. The second-order valence-corrected chi connectivity index (χ2v) is 6.62. The van der Waals surface area contributed by atoms with Gasteiger partial charge >= 0.3 is 0 Å². The molecule has 1 heterocycles. The van der Waals surface area contributed by atoms with Crippen LogP contribution in [0.2, 0.25) is 0 Å². The first-order chi connectivity index (χ1) is 10.2. The molecule has 0 radical (unpaired) electrons. The molecule has 6 heteroatoms. The number of benzene rings is 1. The van der Waals surface area contributed by atoms with E-state index in [-0.39, 0.29) is 6.04 Å². The van der Waals surface area contributed by atoms with Gasteiger partial charge < -0.3 is 10.1 Å². The van der Waals surface area contributed by atoms with Crippen molar-refractivity contribution in [3.8, 4) is 0 Å². The summed E-state index contributed by atoms with van der Waals surface area (Å²) in [5, 5.41) is 8.02. The number of nitrogens with zero attached hydrogens (tertiary/aromatic N) is 2. The Kier molecular flexibility index (Phi) is 6.66. The van der Waals surface area contributed by atoms with Gasteiger partial charge in [0.25, 0.3) is 0 Å². The van der Waals surface area contributed by atoms with Gasteiger partial charge in [-0.25, -0.2) is 0 Å². The Morgan fingerprint density at radius 2 is 2.19 bits per heavy atom. The summed E-state index contributed by atoms with van der Waals surface area (Å²) in [6.45, 7) is 4.39. The summed E-state index contributed by atoms with van der Waals surface area (Å²) in [7, 11) is 1.71. The summed E-state index contributed by atoms with van der Waals surface area (Å²) in [5.74, 6) is 0. The molecule has 4 nitrogen and oxygen atoms in total. The monoisotopic (exact) mass is 463 g/mol. The van der Waals surface area contributed by atoms with Crippen LogP contribution in [0.1, 0.15) is 24.2 Å². The lowest BCUT2D eigenvalue weighted by molar-refractivity contribution is 0.182. The summed E-state index contributed by atoms with van der Waals surface area (Å²) < 4.78 is 9.45. The first kappa shape index (κ1) is 16.9. The molecule has 1 aromatic heterocycles. The van der Waals surface area contributed by atoms with Crippen LogP contribution in [-0.4, -0.2) is 30.0 Å². The van der Waals surface area contributed by atoms with Gasteiger partial charge in [-0.15, -0.1) is 0 Å². The summed E-state index contributed by atoms with van der Waals surface area (Å²) in [6.07, 6.45) is 1.85. The van der Waals surface area contributed by atoms with Crippen molar-refractivity contribution in [2.75, 3.05) is 20.3 Å². The van der Waals surface area contributed by atoms with Crippen molar-refractivity contribution >= 4 is 38.5 Å². The summed E-state index contributed by atoms with van der Waals surface area (Å²) in [4.78, 5) is 0. The van der Waals surface area contributed by atoms with Gasteiger partial charge in [0.05, 0.1) is 35.6 Å². The number of methoxy groups -OCH3 is 1. The lowest BCUT2D eigenvalue weighted by Gasteiger charge is -2.22. The van der Waals surface area contributed by atoms with Crippen molar-refractivity contribution in [1.29, 1.82) is 0 Å². The van der Waals surface area contributed by atoms with Gasteiger partial charge in [-0.05, 0) is 56.7 Å². The second kappa shape index (κ2) is 8.26. The molecule has 0 bridgehead atoms. The van der Waals surface area contributed by atoms with Gasteiger partial charge in [0.1, 0.15) is 0 Å².